The van der Waals surface area contributed by atoms with Gasteiger partial charge in [-0.1, -0.05) is 23.8 Å². The largest absolute Gasteiger partial charge is 0.466 e. The van der Waals surface area contributed by atoms with Crippen LogP contribution in [-0.2, 0) is 14.3 Å². The summed E-state index contributed by atoms with van der Waals surface area (Å²) >= 11 is 0. The lowest BCUT2D eigenvalue weighted by Gasteiger charge is -2.28. The number of aryl methyl sites for hydroxylation is 1. The van der Waals surface area contributed by atoms with Gasteiger partial charge in [0.05, 0.1) is 17.8 Å². The zero-order valence-corrected chi connectivity index (χ0v) is 19.8. The van der Waals surface area contributed by atoms with Crippen molar-refractivity contribution >= 4 is 5.91 Å². The average molecular weight is 475 g/mol. The van der Waals surface area contributed by atoms with Crippen LogP contribution in [0.3, 0.4) is 0 Å². The average Bonchev–Trinajstić information content (AvgIpc) is 3.55. The lowest BCUT2D eigenvalue weighted by Crippen LogP contribution is -2.40. The number of hydrogen-bond donors (Lipinski definition) is 1. The Morgan fingerprint density at radius 2 is 2.20 bits per heavy atom. The van der Waals surface area contributed by atoms with Gasteiger partial charge in [0.1, 0.15) is 25.1 Å². The second kappa shape index (κ2) is 10.7. The first-order chi connectivity index (χ1) is 17.2. The molecule has 5 rings (SSSR count). The van der Waals surface area contributed by atoms with Crippen LogP contribution in [0.5, 0.6) is 0 Å². The number of aromatic nitrogens is 4. The Morgan fingerprint density at radius 3 is 2.97 bits per heavy atom. The van der Waals surface area contributed by atoms with Gasteiger partial charge >= 0.3 is 0 Å². The molecule has 1 saturated heterocycles. The van der Waals surface area contributed by atoms with Crippen LogP contribution in [0.2, 0.25) is 0 Å². The first-order valence-electron chi connectivity index (χ1n) is 12.1. The van der Waals surface area contributed by atoms with E-state index in [0.29, 0.717) is 25.5 Å². The van der Waals surface area contributed by atoms with Gasteiger partial charge in [0.2, 0.25) is 11.9 Å². The fourth-order valence-corrected chi connectivity index (χ4v) is 4.72. The zero-order valence-electron chi connectivity index (χ0n) is 19.8. The Balaban J connectivity index is 1.27. The van der Waals surface area contributed by atoms with E-state index in [1.54, 1.807) is 29.6 Å². The molecule has 1 aliphatic carbocycles. The fourth-order valence-electron chi connectivity index (χ4n) is 4.72. The van der Waals surface area contributed by atoms with Crippen molar-refractivity contribution in [1.82, 2.24) is 29.7 Å². The summed E-state index contributed by atoms with van der Waals surface area (Å²) in [5.41, 5.74) is 3.09. The van der Waals surface area contributed by atoms with Crippen LogP contribution < -0.4 is 5.32 Å². The van der Waals surface area contributed by atoms with Crippen molar-refractivity contribution < 1.29 is 14.3 Å². The highest BCUT2D eigenvalue weighted by Gasteiger charge is 2.33. The van der Waals surface area contributed by atoms with Gasteiger partial charge in [0, 0.05) is 37.6 Å². The summed E-state index contributed by atoms with van der Waals surface area (Å²) in [6.07, 6.45) is 20.5. The SMILES string of the molecule is Cc1cc(C2CCC(=O)N2CCNC(CC2=CC=CCC2)C2=COC=CO2)nc(-n2ccnc2)n1. The quantitative estimate of drug-likeness (QED) is 0.593. The Kier molecular flexibility index (Phi) is 7.04. The predicted molar refractivity (Wildman–Crippen MR) is 130 cm³/mol. The van der Waals surface area contributed by atoms with Gasteiger partial charge in [-0.05, 0) is 38.7 Å². The number of amides is 1. The third-order valence-corrected chi connectivity index (χ3v) is 6.44. The number of nitrogens with zero attached hydrogens (tertiary/aromatic N) is 5. The molecule has 0 bridgehead atoms. The summed E-state index contributed by atoms with van der Waals surface area (Å²) < 4.78 is 12.9. The first-order valence-corrected chi connectivity index (χ1v) is 12.1. The van der Waals surface area contributed by atoms with Crippen molar-refractivity contribution in [3.63, 3.8) is 0 Å². The Hall–Kier alpha value is -3.72. The van der Waals surface area contributed by atoms with Crippen molar-refractivity contribution in [2.45, 2.75) is 51.1 Å². The Labute approximate surface area is 204 Å². The number of hydrogen-bond acceptors (Lipinski definition) is 7. The van der Waals surface area contributed by atoms with Crippen LogP contribution in [0.25, 0.3) is 5.95 Å². The molecule has 0 radical (unpaired) electrons. The molecule has 1 amide bonds. The Morgan fingerprint density at radius 1 is 1.26 bits per heavy atom. The van der Waals surface area contributed by atoms with E-state index in [0.717, 1.165) is 42.8 Å². The molecule has 2 aromatic heterocycles. The minimum atomic E-state index is -0.0747. The van der Waals surface area contributed by atoms with Gasteiger partial charge in [-0.3, -0.25) is 9.36 Å². The summed E-state index contributed by atoms with van der Waals surface area (Å²) in [6.45, 7) is 3.15. The van der Waals surface area contributed by atoms with Crippen LogP contribution in [0.1, 0.15) is 49.5 Å². The highest BCUT2D eigenvalue weighted by molar-refractivity contribution is 5.79. The smallest absolute Gasteiger partial charge is 0.235 e. The van der Waals surface area contributed by atoms with Crippen molar-refractivity contribution in [1.29, 1.82) is 0 Å². The standard InChI is InChI=1S/C26H30N6O3/c1-19-15-21(30-26(29-19)31-11-9-27-18-31)23-7-8-25(33)32(23)12-10-28-22(24-17-34-13-14-35-24)16-20-5-3-2-4-6-20/h2-3,5,9,11,13-15,17-18,22-23,28H,4,6-8,10,12,16H2,1H3. The molecule has 2 aromatic rings. The summed E-state index contributed by atoms with van der Waals surface area (Å²) in [5, 5.41) is 3.59. The molecular weight excluding hydrogens is 444 g/mol. The molecule has 4 heterocycles. The van der Waals surface area contributed by atoms with Crippen LogP contribution in [0.4, 0.5) is 0 Å². The van der Waals surface area contributed by atoms with Gasteiger partial charge in [0.25, 0.3) is 0 Å². The van der Waals surface area contributed by atoms with Gasteiger partial charge < -0.3 is 19.7 Å². The van der Waals surface area contributed by atoms with E-state index >= 15 is 0 Å². The maximum atomic E-state index is 12.8. The molecule has 0 spiro atoms. The summed E-state index contributed by atoms with van der Waals surface area (Å²) in [7, 11) is 0. The number of ether oxygens (including phenoxy) is 2. The molecule has 1 N–H and O–H groups in total. The van der Waals surface area contributed by atoms with E-state index < -0.39 is 0 Å². The number of imidazole rings is 1. The summed E-state index contributed by atoms with van der Waals surface area (Å²) in [4.78, 5) is 28.1. The van der Waals surface area contributed by atoms with Crippen molar-refractivity contribution in [3.05, 3.63) is 84.5 Å². The van der Waals surface area contributed by atoms with Crippen LogP contribution in [0, 0.1) is 6.92 Å². The van der Waals surface area contributed by atoms with E-state index in [4.69, 9.17) is 14.5 Å². The maximum absolute atomic E-state index is 12.8. The lowest BCUT2D eigenvalue weighted by molar-refractivity contribution is -0.129. The van der Waals surface area contributed by atoms with E-state index in [2.05, 4.69) is 33.5 Å². The van der Waals surface area contributed by atoms with Crippen molar-refractivity contribution in [2.24, 2.45) is 0 Å². The first kappa shape index (κ1) is 23.0. The van der Waals surface area contributed by atoms with Gasteiger partial charge in [-0.2, -0.15) is 0 Å². The van der Waals surface area contributed by atoms with Crippen LogP contribution in [0.15, 0.2) is 73.1 Å². The third-order valence-electron chi connectivity index (χ3n) is 6.44. The monoisotopic (exact) mass is 474 g/mol. The molecule has 3 aliphatic rings. The molecule has 2 unspecified atom stereocenters. The fraction of sp³-hybridized carbons (Fsp3) is 0.385. The summed E-state index contributed by atoms with van der Waals surface area (Å²) in [5.74, 6) is 1.45. The molecular formula is C26H30N6O3. The van der Waals surface area contributed by atoms with Crippen molar-refractivity contribution in [3.8, 4) is 5.95 Å². The molecule has 9 nitrogen and oxygen atoms in total. The molecule has 0 aromatic carbocycles. The van der Waals surface area contributed by atoms with Gasteiger partial charge in [-0.25, -0.2) is 15.0 Å². The van der Waals surface area contributed by atoms with Gasteiger partial charge in [0.15, 0.2) is 5.76 Å². The number of rotatable bonds is 9. The lowest BCUT2D eigenvalue weighted by atomic mass is 9.97. The molecule has 0 saturated carbocycles. The van der Waals surface area contributed by atoms with E-state index in [1.807, 2.05) is 24.1 Å². The molecule has 2 atom stereocenters. The molecule has 2 aliphatic heterocycles. The highest BCUT2D eigenvalue weighted by atomic mass is 16.5. The predicted octanol–water partition coefficient (Wildman–Crippen LogP) is 3.62. The second-order valence-electron chi connectivity index (χ2n) is 8.89. The molecule has 9 heteroatoms. The van der Waals surface area contributed by atoms with E-state index in [1.165, 1.54) is 11.8 Å². The van der Waals surface area contributed by atoms with Crippen LogP contribution >= 0.6 is 0 Å². The number of carbonyl (C=O) groups is 1. The number of carbonyl (C=O) groups excluding carboxylic acids is 1. The number of likely N-dealkylation sites (tertiary alicyclic amines) is 1. The maximum Gasteiger partial charge on any atom is 0.235 e. The highest BCUT2D eigenvalue weighted by Crippen LogP contribution is 2.32. The zero-order chi connectivity index (χ0) is 24.0. The minimum Gasteiger partial charge on any atom is -0.466 e. The Bertz CT molecular complexity index is 1170. The summed E-state index contributed by atoms with van der Waals surface area (Å²) in [6, 6.07) is 1.86. The number of nitrogens with one attached hydrogen (secondary N) is 1. The molecule has 182 valence electrons. The van der Waals surface area contributed by atoms with E-state index in [-0.39, 0.29) is 18.0 Å². The van der Waals surface area contributed by atoms with E-state index in [9.17, 15) is 4.79 Å². The molecule has 1 fully saturated rings. The van der Waals surface area contributed by atoms with Gasteiger partial charge in [-0.15, -0.1) is 0 Å². The molecule has 35 heavy (non-hydrogen) atoms. The van der Waals surface area contributed by atoms with Crippen LogP contribution in [-0.4, -0.2) is 49.5 Å². The van der Waals surface area contributed by atoms with Crippen molar-refractivity contribution in [2.75, 3.05) is 13.1 Å². The third kappa shape index (κ3) is 5.51. The minimum absolute atomic E-state index is 0.0389. The topological polar surface area (TPSA) is 94.4 Å². The second-order valence-corrected chi connectivity index (χ2v) is 8.89. The normalized spacial score (nSPS) is 20.3. The number of allylic oxidation sites excluding steroid dienone is 3.